The molecule has 1 aromatic carbocycles. The number of rotatable bonds is 3. The van der Waals surface area contributed by atoms with Crippen molar-refractivity contribution >= 4 is 28.9 Å². The first kappa shape index (κ1) is 15.6. The van der Waals surface area contributed by atoms with Gasteiger partial charge in [-0.3, -0.25) is 4.79 Å². The second-order valence-corrected chi connectivity index (χ2v) is 5.30. The predicted molar refractivity (Wildman–Crippen MR) is 84.1 cm³/mol. The van der Waals surface area contributed by atoms with Gasteiger partial charge in [-0.25, -0.2) is 0 Å². The van der Waals surface area contributed by atoms with Crippen LogP contribution < -0.4 is 5.73 Å². The third-order valence-electron chi connectivity index (χ3n) is 3.57. The first-order valence-corrected chi connectivity index (χ1v) is 6.94. The lowest BCUT2D eigenvalue weighted by molar-refractivity contribution is -0.128. The van der Waals surface area contributed by atoms with E-state index in [0.717, 1.165) is 10.6 Å². The summed E-state index contributed by atoms with van der Waals surface area (Å²) in [5.74, 6) is -2.73. The number of nitriles is 2. The SMILES string of the molecule is CC1=NN(C(N)=S)C(=O)[C@@H]1[C@@H](c1ccccc1)C(C#N)C#N. The van der Waals surface area contributed by atoms with Gasteiger partial charge in [0.2, 0.25) is 0 Å². The third-order valence-corrected chi connectivity index (χ3v) is 3.75. The van der Waals surface area contributed by atoms with Gasteiger partial charge in [-0.05, 0) is 24.7 Å². The minimum absolute atomic E-state index is 0.149. The summed E-state index contributed by atoms with van der Waals surface area (Å²) < 4.78 is 0. The van der Waals surface area contributed by atoms with Gasteiger partial charge in [-0.1, -0.05) is 30.3 Å². The minimum Gasteiger partial charge on any atom is -0.374 e. The maximum absolute atomic E-state index is 12.5. The number of thiocarbonyl (C=S) groups is 1. The molecule has 0 radical (unpaired) electrons. The molecule has 0 spiro atoms. The number of hydrazone groups is 1. The van der Waals surface area contributed by atoms with Crippen molar-refractivity contribution in [2.75, 3.05) is 0 Å². The first-order valence-electron chi connectivity index (χ1n) is 6.54. The fourth-order valence-corrected chi connectivity index (χ4v) is 2.72. The van der Waals surface area contributed by atoms with Crippen molar-refractivity contribution < 1.29 is 4.79 Å². The normalized spacial score (nSPS) is 18.5. The van der Waals surface area contributed by atoms with Gasteiger partial charge in [-0.2, -0.15) is 20.6 Å². The van der Waals surface area contributed by atoms with Crippen LogP contribution in [0.5, 0.6) is 0 Å². The van der Waals surface area contributed by atoms with Crippen LogP contribution in [0.2, 0.25) is 0 Å². The van der Waals surface area contributed by atoms with Crippen molar-refractivity contribution in [2.45, 2.75) is 12.8 Å². The molecule has 2 rings (SSSR count). The zero-order valence-corrected chi connectivity index (χ0v) is 12.6. The van der Waals surface area contributed by atoms with Crippen molar-refractivity contribution in [1.82, 2.24) is 5.01 Å². The predicted octanol–water partition coefficient (Wildman–Crippen LogP) is 1.51. The Morgan fingerprint density at radius 3 is 2.41 bits per heavy atom. The van der Waals surface area contributed by atoms with E-state index in [1.54, 1.807) is 31.2 Å². The molecule has 0 aromatic heterocycles. The molecule has 1 heterocycles. The van der Waals surface area contributed by atoms with Crippen molar-refractivity contribution in [3.8, 4) is 12.1 Å². The fraction of sp³-hybridized carbons (Fsp3) is 0.267. The Balaban J connectivity index is 2.50. The maximum Gasteiger partial charge on any atom is 0.259 e. The van der Waals surface area contributed by atoms with E-state index in [1.807, 2.05) is 18.2 Å². The lowest BCUT2D eigenvalue weighted by atomic mass is 9.76. The summed E-state index contributed by atoms with van der Waals surface area (Å²) in [7, 11) is 0. The fourth-order valence-electron chi connectivity index (χ4n) is 2.59. The monoisotopic (exact) mass is 311 g/mol. The molecule has 2 N–H and O–H groups in total. The standard InChI is InChI=1S/C15H13N5OS/c1-9-12(14(21)20(19-9)15(18)22)13(11(7-16)8-17)10-5-3-2-4-6-10/h2-6,11-13H,1H3,(H2,18,22)/t12-,13-/m0/s1. The Morgan fingerprint density at radius 2 is 1.95 bits per heavy atom. The second kappa shape index (κ2) is 6.33. The lowest BCUT2D eigenvalue weighted by Crippen LogP contribution is -2.39. The molecule has 22 heavy (non-hydrogen) atoms. The van der Waals surface area contributed by atoms with E-state index >= 15 is 0 Å². The van der Waals surface area contributed by atoms with Crippen LogP contribution in [-0.2, 0) is 4.79 Å². The Bertz CT molecular complexity index is 702. The van der Waals surface area contributed by atoms with Crippen molar-refractivity contribution in [3.63, 3.8) is 0 Å². The molecular formula is C15H13N5OS. The molecule has 0 fully saturated rings. The third kappa shape index (κ3) is 2.67. The molecule has 0 saturated carbocycles. The number of hydrogen-bond donors (Lipinski definition) is 1. The average Bonchev–Trinajstić information content (AvgIpc) is 2.81. The number of nitrogens with zero attached hydrogens (tertiary/aromatic N) is 4. The van der Waals surface area contributed by atoms with Crippen LogP contribution in [0.3, 0.4) is 0 Å². The molecule has 1 amide bonds. The molecule has 0 unspecified atom stereocenters. The van der Waals surface area contributed by atoms with E-state index in [9.17, 15) is 15.3 Å². The van der Waals surface area contributed by atoms with Crippen molar-refractivity contribution in [1.29, 1.82) is 10.5 Å². The van der Waals surface area contributed by atoms with E-state index in [0.29, 0.717) is 5.71 Å². The Labute approximate surface area is 133 Å². The van der Waals surface area contributed by atoms with Crippen LogP contribution in [0.25, 0.3) is 0 Å². The zero-order valence-electron chi connectivity index (χ0n) is 11.8. The van der Waals surface area contributed by atoms with Gasteiger partial charge in [0.25, 0.3) is 5.91 Å². The molecule has 0 bridgehead atoms. The summed E-state index contributed by atoms with van der Waals surface area (Å²) in [5.41, 5.74) is 6.71. The van der Waals surface area contributed by atoms with Gasteiger partial charge >= 0.3 is 0 Å². The molecule has 1 aromatic rings. The quantitative estimate of drug-likeness (QED) is 0.852. The highest BCUT2D eigenvalue weighted by molar-refractivity contribution is 7.80. The smallest absolute Gasteiger partial charge is 0.259 e. The topological polar surface area (TPSA) is 106 Å². The minimum atomic E-state index is -0.979. The molecule has 0 saturated heterocycles. The van der Waals surface area contributed by atoms with E-state index < -0.39 is 23.7 Å². The van der Waals surface area contributed by atoms with E-state index in [1.165, 1.54) is 0 Å². The Hall–Kier alpha value is -2.77. The van der Waals surface area contributed by atoms with Crippen LogP contribution in [0.4, 0.5) is 0 Å². The number of nitrogens with two attached hydrogens (primary N) is 1. The second-order valence-electron chi connectivity index (χ2n) is 4.88. The number of amides is 1. The summed E-state index contributed by atoms with van der Waals surface area (Å²) in [6, 6.07) is 12.9. The van der Waals surface area contributed by atoms with Gasteiger partial charge in [-0.15, -0.1) is 0 Å². The van der Waals surface area contributed by atoms with Gasteiger partial charge < -0.3 is 5.73 Å². The van der Waals surface area contributed by atoms with E-state index in [4.69, 9.17) is 18.0 Å². The number of carbonyl (C=O) groups is 1. The summed E-state index contributed by atoms with van der Waals surface area (Å²) in [5, 5.41) is 23.4. The lowest BCUT2D eigenvalue weighted by Gasteiger charge is -2.24. The average molecular weight is 311 g/mol. The summed E-state index contributed by atoms with van der Waals surface area (Å²) >= 11 is 4.81. The summed E-state index contributed by atoms with van der Waals surface area (Å²) in [6.07, 6.45) is 0. The number of carbonyl (C=O) groups excluding carboxylic acids is 1. The van der Waals surface area contributed by atoms with Crippen LogP contribution in [0.1, 0.15) is 18.4 Å². The summed E-state index contributed by atoms with van der Waals surface area (Å²) in [6.45, 7) is 1.67. The van der Waals surface area contributed by atoms with Gasteiger partial charge in [0.05, 0.1) is 18.1 Å². The van der Waals surface area contributed by atoms with Gasteiger partial charge in [0.1, 0.15) is 5.92 Å². The van der Waals surface area contributed by atoms with Crippen LogP contribution in [0.15, 0.2) is 35.4 Å². The Kier molecular flexibility index (Phi) is 4.50. The molecule has 7 heteroatoms. The van der Waals surface area contributed by atoms with E-state index in [-0.39, 0.29) is 5.11 Å². The molecular weight excluding hydrogens is 298 g/mol. The molecule has 2 atom stereocenters. The molecule has 0 aliphatic carbocycles. The highest BCUT2D eigenvalue weighted by Gasteiger charge is 2.44. The highest BCUT2D eigenvalue weighted by atomic mass is 32.1. The van der Waals surface area contributed by atoms with Crippen LogP contribution in [0, 0.1) is 34.5 Å². The van der Waals surface area contributed by atoms with Crippen molar-refractivity contribution in [3.05, 3.63) is 35.9 Å². The van der Waals surface area contributed by atoms with E-state index in [2.05, 4.69) is 5.10 Å². The first-order chi connectivity index (χ1) is 10.5. The maximum atomic E-state index is 12.5. The molecule has 110 valence electrons. The van der Waals surface area contributed by atoms with Crippen LogP contribution in [-0.4, -0.2) is 21.7 Å². The van der Waals surface area contributed by atoms with Gasteiger partial charge in [0, 0.05) is 11.6 Å². The van der Waals surface area contributed by atoms with Crippen LogP contribution >= 0.6 is 12.2 Å². The molecule has 6 nitrogen and oxygen atoms in total. The van der Waals surface area contributed by atoms with Gasteiger partial charge in [0.15, 0.2) is 5.11 Å². The molecule has 1 aliphatic rings. The molecule has 1 aliphatic heterocycles. The zero-order chi connectivity index (χ0) is 16.3. The van der Waals surface area contributed by atoms with Crippen molar-refractivity contribution in [2.24, 2.45) is 22.7 Å². The number of hydrogen-bond acceptors (Lipinski definition) is 5. The number of benzene rings is 1. The largest absolute Gasteiger partial charge is 0.374 e. The Morgan fingerprint density at radius 1 is 1.36 bits per heavy atom. The highest BCUT2D eigenvalue weighted by Crippen LogP contribution is 2.36. The summed E-state index contributed by atoms with van der Waals surface area (Å²) in [4.78, 5) is 12.5.